The van der Waals surface area contributed by atoms with Gasteiger partial charge >= 0.3 is 0 Å². The second-order valence-electron chi connectivity index (χ2n) is 4.02. The van der Waals surface area contributed by atoms with Gasteiger partial charge in [-0.25, -0.2) is 9.97 Å². The fraction of sp³-hybridized carbons (Fsp3) is 0.455. The van der Waals surface area contributed by atoms with E-state index in [9.17, 15) is 0 Å². The van der Waals surface area contributed by atoms with Crippen LogP contribution in [0, 0.1) is 0 Å². The maximum Gasteiger partial charge on any atom is 0.135 e. The Hall–Kier alpha value is -1.09. The molecule has 2 rings (SSSR count). The molecule has 0 atom stereocenters. The SMILES string of the molecule is C=C(C)CNc1cc(Cl)nc(C2CC2)n1. The van der Waals surface area contributed by atoms with Crippen molar-refractivity contribution in [1.29, 1.82) is 0 Å². The van der Waals surface area contributed by atoms with Crippen LogP contribution in [0.2, 0.25) is 5.15 Å². The van der Waals surface area contributed by atoms with Crippen LogP contribution in [-0.4, -0.2) is 16.5 Å². The van der Waals surface area contributed by atoms with E-state index in [1.807, 2.05) is 6.92 Å². The average molecular weight is 224 g/mol. The van der Waals surface area contributed by atoms with E-state index < -0.39 is 0 Å². The molecule has 0 saturated heterocycles. The molecule has 0 radical (unpaired) electrons. The van der Waals surface area contributed by atoms with Crippen molar-refractivity contribution >= 4 is 17.4 Å². The molecule has 4 heteroatoms. The molecule has 1 aliphatic rings. The summed E-state index contributed by atoms with van der Waals surface area (Å²) in [6.45, 7) is 6.51. The van der Waals surface area contributed by atoms with Gasteiger partial charge in [0.2, 0.25) is 0 Å². The summed E-state index contributed by atoms with van der Waals surface area (Å²) in [5.41, 5.74) is 1.07. The van der Waals surface area contributed by atoms with Crippen LogP contribution in [0.1, 0.15) is 31.5 Å². The fourth-order valence-corrected chi connectivity index (χ4v) is 1.48. The van der Waals surface area contributed by atoms with Crippen molar-refractivity contribution in [3.05, 3.63) is 29.2 Å². The summed E-state index contributed by atoms with van der Waals surface area (Å²) in [6.07, 6.45) is 2.36. The number of anilines is 1. The van der Waals surface area contributed by atoms with E-state index in [4.69, 9.17) is 11.6 Å². The highest BCUT2D eigenvalue weighted by Gasteiger charge is 2.27. The van der Waals surface area contributed by atoms with Crippen LogP contribution in [0.4, 0.5) is 5.82 Å². The minimum Gasteiger partial charge on any atom is -0.366 e. The van der Waals surface area contributed by atoms with Crippen molar-refractivity contribution in [3.63, 3.8) is 0 Å². The summed E-state index contributed by atoms with van der Waals surface area (Å²) in [4.78, 5) is 8.63. The molecule has 1 aromatic rings. The zero-order valence-corrected chi connectivity index (χ0v) is 9.51. The Kier molecular flexibility index (Phi) is 2.91. The third-order valence-electron chi connectivity index (χ3n) is 2.23. The summed E-state index contributed by atoms with van der Waals surface area (Å²) < 4.78 is 0. The van der Waals surface area contributed by atoms with Crippen LogP contribution in [0.15, 0.2) is 18.2 Å². The van der Waals surface area contributed by atoms with Gasteiger partial charge in [-0.1, -0.05) is 23.8 Å². The van der Waals surface area contributed by atoms with Crippen LogP contribution < -0.4 is 5.32 Å². The van der Waals surface area contributed by atoms with Crippen LogP contribution in [-0.2, 0) is 0 Å². The van der Waals surface area contributed by atoms with Crippen LogP contribution in [0.5, 0.6) is 0 Å². The number of rotatable bonds is 4. The van der Waals surface area contributed by atoms with E-state index in [0.717, 1.165) is 23.8 Å². The minimum atomic E-state index is 0.510. The van der Waals surface area contributed by atoms with Crippen molar-refractivity contribution in [2.75, 3.05) is 11.9 Å². The van der Waals surface area contributed by atoms with E-state index in [2.05, 4.69) is 21.9 Å². The fourth-order valence-electron chi connectivity index (χ4n) is 1.29. The molecule has 0 spiro atoms. The highest BCUT2D eigenvalue weighted by Crippen LogP contribution is 2.38. The van der Waals surface area contributed by atoms with Crippen molar-refractivity contribution < 1.29 is 0 Å². The van der Waals surface area contributed by atoms with Gasteiger partial charge in [-0.2, -0.15) is 0 Å². The Balaban J connectivity index is 2.12. The van der Waals surface area contributed by atoms with Crippen LogP contribution >= 0.6 is 11.6 Å². The Bertz CT molecular complexity index is 385. The molecule has 1 aromatic heterocycles. The van der Waals surface area contributed by atoms with Crippen molar-refractivity contribution in [2.24, 2.45) is 0 Å². The largest absolute Gasteiger partial charge is 0.366 e. The van der Waals surface area contributed by atoms with E-state index in [0.29, 0.717) is 11.1 Å². The third-order valence-corrected chi connectivity index (χ3v) is 2.42. The summed E-state index contributed by atoms with van der Waals surface area (Å²) in [7, 11) is 0. The minimum absolute atomic E-state index is 0.510. The Morgan fingerprint density at radius 2 is 2.33 bits per heavy atom. The number of aromatic nitrogens is 2. The van der Waals surface area contributed by atoms with Gasteiger partial charge in [0, 0.05) is 18.5 Å². The molecule has 1 heterocycles. The van der Waals surface area contributed by atoms with Gasteiger partial charge in [-0.15, -0.1) is 0 Å². The molecular formula is C11H14ClN3. The number of halogens is 1. The second-order valence-corrected chi connectivity index (χ2v) is 4.41. The van der Waals surface area contributed by atoms with E-state index in [-0.39, 0.29) is 0 Å². The maximum absolute atomic E-state index is 5.92. The van der Waals surface area contributed by atoms with Gasteiger partial charge in [0.1, 0.15) is 16.8 Å². The first-order chi connectivity index (χ1) is 7.15. The maximum atomic E-state index is 5.92. The zero-order valence-electron chi connectivity index (χ0n) is 8.76. The normalized spacial score (nSPS) is 15.1. The molecule has 0 aliphatic heterocycles. The number of nitrogens with one attached hydrogen (secondary N) is 1. The molecule has 1 N–H and O–H groups in total. The van der Waals surface area contributed by atoms with E-state index >= 15 is 0 Å². The average Bonchev–Trinajstić information content (AvgIpc) is 2.97. The highest BCUT2D eigenvalue weighted by atomic mass is 35.5. The molecule has 1 aliphatic carbocycles. The summed E-state index contributed by atoms with van der Waals surface area (Å²) in [5.74, 6) is 2.18. The molecule has 0 aromatic carbocycles. The zero-order chi connectivity index (χ0) is 10.8. The number of hydrogen-bond acceptors (Lipinski definition) is 3. The van der Waals surface area contributed by atoms with Gasteiger partial charge in [-0.3, -0.25) is 0 Å². The topological polar surface area (TPSA) is 37.8 Å². The predicted molar refractivity (Wildman–Crippen MR) is 62.3 cm³/mol. The van der Waals surface area contributed by atoms with Crippen LogP contribution in [0.25, 0.3) is 0 Å². The molecular weight excluding hydrogens is 210 g/mol. The van der Waals surface area contributed by atoms with E-state index in [1.54, 1.807) is 6.07 Å². The van der Waals surface area contributed by atoms with E-state index in [1.165, 1.54) is 12.8 Å². The second kappa shape index (κ2) is 4.19. The quantitative estimate of drug-likeness (QED) is 0.630. The highest BCUT2D eigenvalue weighted by molar-refractivity contribution is 6.29. The third kappa shape index (κ3) is 2.93. The molecule has 0 amide bonds. The lowest BCUT2D eigenvalue weighted by Crippen LogP contribution is -2.06. The van der Waals surface area contributed by atoms with Gasteiger partial charge < -0.3 is 5.32 Å². The van der Waals surface area contributed by atoms with Gasteiger partial charge in [0.25, 0.3) is 0 Å². The lowest BCUT2D eigenvalue weighted by molar-refractivity contribution is 0.925. The predicted octanol–water partition coefficient (Wildman–Crippen LogP) is 3.00. The van der Waals surface area contributed by atoms with Crippen molar-refractivity contribution in [3.8, 4) is 0 Å². The first kappa shape index (κ1) is 10.4. The molecule has 80 valence electrons. The first-order valence-corrected chi connectivity index (χ1v) is 5.45. The molecule has 1 fully saturated rings. The lowest BCUT2D eigenvalue weighted by atomic mass is 10.3. The first-order valence-electron chi connectivity index (χ1n) is 5.08. The number of hydrogen-bond donors (Lipinski definition) is 1. The van der Waals surface area contributed by atoms with Crippen molar-refractivity contribution in [2.45, 2.75) is 25.7 Å². The van der Waals surface area contributed by atoms with Crippen LogP contribution in [0.3, 0.4) is 0 Å². The Labute approximate surface area is 94.6 Å². The standard InChI is InChI=1S/C11H14ClN3/c1-7(2)6-13-10-5-9(12)14-11(15-10)8-3-4-8/h5,8H,1,3-4,6H2,2H3,(H,13,14,15). The smallest absolute Gasteiger partial charge is 0.135 e. The summed E-state index contributed by atoms with van der Waals surface area (Å²) in [5, 5.41) is 3.68. The van der Waals surface area contributed by atoms with Gasteiger partial charge in [0.05, 0.1) is 0 Å². The Morgan fingerprint density at radius 1 is 1.60 bits per heavy atom. The summed E-state index contributed by atoms with van der Waals surface area (Å²) >= 11 is 5.92. The molecule has 0 bridgehead atoms. The molecule has 15 heavy (non-hydrogen) atoms. The van der Waals surface area contributed by atoms with Gasteiger partial charge in [0.15, 0.2) is 0 Å². The lowest BCUT2D eigenvalue weighted by Gasteiger charge is -2.06. The van der Waals surface area contributed by atoms with Gasteiger partial charge in [-0.05, 0) is 19.8 Å². The Morgan fingerprint density at radius 3 is 2.93 bits per heavy atom. The molecule has 3 nitrogen and oxygen atoms in total. The molecule has 1 saturated carbocycles. The summed E-state index contributed by atoms with van der Waals surface area (Å²) in [6, 6.07) is 1.75. The monoisotopic (exact) mass is 223 g/mol. The number of nitrogens with zero attached hydrogens (tertiary/aromatic N) is 2. The molecule has 0 unspecified atom stereocenters. The van der Waals surface area contributed by atoms with Crippen molar-refractivity contribution in [1.82, 2.24) is 9.97 Å².